The van der Waals surface area contributed by atoms with E-state index in [1.165, 1.54) is 52.4 Å². The van der Waals surface area contributed by atoms with Gasteiger partial charge < -0.3 is 23.7 Å². The monoisotopic (exact) mass is 478 g/mol. The molecule has 5 atom stereocenters. The quantitative estimate of drug-likeness (QED) is 0.249. The van der Waals surface area contributed by atoms with Crippen LogP contribution in [0.5, 0.6) is 0 Å². The summed E-state index contributed by atoms with van der Waals surface area (Å²) in [4.78, 5) is 23.6. The zero-order chi connectivity index (χ0) is 24.8. The Hall–Kier alpha value is -1.96. The van der Waals surface area contributed by atoms with Crippen LogP contribution in [0.4, 0.5) is 0 Å². The Morgan fingerprint density at radius 3 is 2.00 bits per heavy atom. The van der Waals surface area contributed by atoms with E-state index in [0.717, 1.165) is 18.4 Å². The van der Waals surface area contributed by atoms with Crippen LogP contribution in [0, 0.1) is 0 Å². The molecule has 1 heterocycles. The van der Waals surface area contributed by atoms with Crippen LogP contribution < -0.4 is 0 Å². The average Bonchev–Trinajstić information content (AvgIpc) is 2.80. The first kappa shape index (κ1) is 28.3. The van der Waals surface area contributed by atoms with Gasteiger partial charge in [0, 0.05) is 20.5 Å². The third-order valence-electron chi connectivity index (χ3n) is 5.90. The minimum absolute atomic E-state index is 0.283. The van der Waals surface area contributed by atoms with E-state index in [4.69, 9.17) is 23.7 Å². The second-order valence-electron chi connectivity index (χ2n) is 8.96. The van der Waals surface area contributed by atoms with Gasteiger partial charge in [0.05, 0.1) is 12.7 Å². The zero-order valence-corrected chi connectivity index (χ0v) is 21.2. The number of unbranched alkanes of at least 4 members (excludes halogenated alkanes) is 7. The molecule has 192 valence electrons. The van der Waals surface area contributed by atoms with Crippen molar-refractivity contribution in [2.24, 2.45) is 0 Å². The molecular weight excluding hydrogens is 436 g/mol. The van der Waals surface area contributed by atoms with Gasteiger partial charge in [-0.15, -0.1) is 0 Å². The molecule has 0 aliphatic carbocycles. The maximum atomic E-state index is 11.9. The number of hydrogen-bond acceptors (Lipinski definition) is 7. The van der Waals surface area contributed by atoms with Crippen molar-refractivity contribution >= 4 is 11.9 Å². The summed E-state index contributed by atoms with van der Waals surface area (Å²) in [5.41, 5.74) is 0.966. The van der Waals surface area contributed by atoms with Gasteiger partial charge in [0.15, 0.2) is 18.5 Å². The molecule has 1 aliphatic heterocycles. The fourth-order valence-corrected chi connectivity index (χ4v) is 4.17. The second kappa shape index (κ2) is 15.8. The van der Waals surface area contributed by atoms with Crippen LogP contribution in [0.25, 0.3) is 0 Å². The molecule has 0 N–H and O–H groups in total. The largest absolute Gasteiger partial charge is 0.456 e. The molecule has 0 amide bonds. The Bertz CT molecular complexity index is 708. The van der Waals surface area contributed by atoms with Crippen molar-refractivity contribution in [3.05, 3.63) is 35.9 Å². The number of hydrogen-bond donors (Lipinski definition) is 0. The molecular formula is C27H42O7. The van der Waals surface area contributed by atoms with E-state index in [-0.39, 0.29) is 6.61 Å². The Morgan fingerprint density at radius 2 is 1.38 bits per heavy atom. The van der Waals surface area contributed by atoms with Crippen LogP contribution in [-0.2, 0) is 39.9 Å². The minimum atomic E-state index is -0.836. The maximum Gasteiger partial charge on any atom is 0.303 e. The van der Waals surface area contributed by atoms with Crippen LogP contribution in [0.15, 0.2) is 30.3 Å². The van der Waals surface area contributed by atoms with Crippen molar-refractivity contribution < 1.29 is 33.3 Å². The molecule has 0 unspecified atom stereocenters. The number of benzene rings is 1. The van der Waals surface area contributed by atoms with Gasteiger partial charge in [-0.05, 0) is 18.9 Å². The lowest BCUT2D eigenvalue weighted by atomic mass is 9.98. The number of ether oxygens (including phenoxy) is 5. The predicted molar refractivity (Wildman–Crippen MR) is 129 cm³/mol. The molecule has 0 spiro atoms. The third-order valence-corrected chi connectivity index (χ3v) is 5.90. The van der Waals surface area contributed by atoms with Crippen LogP contribution in [0.3, 0.4) is 0 Å². The minimum Gasteiger partial charge on any atom is -0.456 e. The van der Waals surface area contributed by atoms with Gasteiger partial charge in [0.2, 0.25) is 0 Å². The first-order valence-corrected chi connectivity index (χ1v) is 12.7. The van der Waals surface area contributed by atoms with E-state index in [0.29, 0.717) is 6.61 Å². The van der Waals surface area contributed by atoms with E-state index in [1.807, 2.05) is 30.3 Å². The molecule has 2 rings (SSSR count). The lowest BCUT2D eigenvalue weighted by molar-refractivity contribution is -0.308. The molecule has 7 heteroatoms. The topological polar surface area (TPSA) is 80.3 Å². The zero-order valence-electron chi connectivity index (χ0n) is 21.2. The summed E-state index contributed by atoms with van der Waals surface area (Å²) < 4.78 is 29.4. The summed E-state index contributed by atoms with van der Waals surface area (Å²) in [6.07, 6.45) is 5.99. The van der Waals surface area contributed by atoms with Gasteiger partial charge in [0.1, 0.15) is 6.10 Å². The van der Waals surface area contributed by atoms with Crippen molar-refractivity contribution in [1.29, 1.82) is 0 Å². The molecule has 1 aromatic rings. The fourth-order valence-electron chi connectivity index (χ4n) is 4.17. The highest BCUT2D eigenvalue weighted by Gasteiger charge is 2.49. The van der Waals surface area contributed by atoms with Crippen LogP contribution in [0.1, 0.15) is 84.6 Å². The van der Waals surface area contributed by atoms with E-state index in [1.54, 1.807) is 6.92 Å². The number of esters is 2. The van der Waals surface area contributed by atoms with Gasteiger partial charge in [-0.1, -0.05) is 82.2 Å². The normalized spacial score (nSPS) is 24.5. The van der Waals surface area contributed by atoms with E-state index >= 15 is 0 Å². The van der Waals surface area contributed by atoms with Gasteiger partial charge >= 0.3 is 11.9 Å². The van der Waals surface area contributed by atoms with Crippen molar-refractivity contribution in [2.45, 2.75) is 116 Å². The van der Waals surface area contributed by atoms with Crippen molar-refractivity contribution in [1.82, 2.24) is 0 Å². The van der Waals surface area contributed by atoms with Crippen molar-refractivity contribution in [2.75, 3.05) is 6.61 Å². The summed E-state index contributed by atoms with van der Waals surface area (Å²) in [7, 11) is 0. The number of carbonyl (C=O) groups is 2. The maximum absolute atomic E-state index is 11.9. The summed E-state index contributed by atoms with van der Waals surface area (Å²) in [6.45, 7) is 7.46. The van der Waals surface area contributed by atoms with Gasteiger partial charge in [-0.25, -0.2) is 0 Å². The van der Waals surface area contributed by atoms with Crippen LogP contribution in [-0.4, -0.2) is 49.3 Å². The van der Waals surface area contributed by atoms with E-state index < -0.39 is 42.6 Å². The lowest BCUT2D eigenvalue weighted by Crippen LogP contribution is -2.60. The Balaban J connectivity index is 2.00. The highest BCUT2D eigenvalue weighted by molar-refractivity contribution is 5.67. The SMILES string of the molecule is CCCCCCCCCCO[C@@H]1O[C@@H](C)[C@@H](OC(C)=O)[C@@H](OC(C)=O)[C@@H]1OCc1ccccc1. The standard InChI is InChI=1S/C27H42O7/c1-5-6-7-8-9-10-11-15-18-30-27-26(31-19-23-16-13-12-14-17-23)25(34-22(4)29)24(20(2)32-27)33-21(3)28/h12-14,16-17,20,24-27H,5-11,15,18-19H2,1-4H3/t20-,24+,25+,26-,27+/m0/s1. The predicted octanol–water partition coefficient (Wildman–Crippen LogP) is 5.34. The highest BCUT2D eigenvalue weighted by atomic mass is 16.7. The molecule has 34 heavy (non-hydrogen) atoms. The van der Waals surface area contributed by atoms with Gasteiger partial charge in [-0.3, -0.25) is 9.59 Å². The smallest absolute Gasteiger partial charge is 0.303 e. The summed E-state index contributed by atoms with van der Waals surface area (Å²) in [6, 6.07) is 9.70. The number of rotatable bonds is 15. The van der Waals surface area contributed by atoms with Crippen molar-refractivity contribution in [3.8, 4) is 0 Å². The first-order chi connectivity index (χ1) is 16.4. The molecule has 0 radical (unpaired) electrons. The second-order valence-corrected chi connectivity index (χ2v) is 8.96. The number of carbonyl (C=O) groups excluding carboxylic acids is 2. The van der Waals surface area contributed by atoms with E-state index in [9.17, 15) is 9.59 Å². The molecule has 1 aromatic carbocycles. The molecule has 0 aromatic heterocycles. The molecule has 1 saturated heterocycles. The molecule has 0 saturated carbocycles. The first-order valence-electron chi connectivity index (χ1n) is 12.7. The Morgan fingerprint density at radius 1 is 0.794 bits per heavy atom. The van der Waals surface area contributed by atoms with Gasteiger partial charge in [-0.2, -0.15) is 0 Å². The van der Waals surface area contributed by atoms with Crippen LogP contribution in [0.2, 0.25) is 0 Å². The third kappa shape index (κ3) is 10.1. The summed E-state index contributed by atoms with van der Waals surface area (Å²) >= 11 is 0. The van der Waals surface area contributed by atoms with E-state index in [2.05, 4.69) is 6.92 Å². The van der Waals surface area contributed by atoms with Crippen LogP contribution >= 0.6 is 0 Å². The molecule has 1 fully saturated rings. The fraction of sp³-hybridized carbons (Fsp3) is 0.704. The van der Waals surface area contributed by atoms with Gasteiger partial charge in [0.25, 0.3) is 0 Å². The lowest BCUT2D eigenvalue weighted by Gasteiger charge is -2.43. The highest BCUT2D eigenvalue weighted by Crippen LogP contribution is 2.30. The average molecular weight is 479 g/mol. The molecule has 0 bridgehead atoms. The summed E-state index contributed by atoms with van der Waals surface area (Å²) in [5, 5.41) is 0. The Kier molecular flexibility index (Phi) is 13.2. The molecule has 1 aliphatic rings. The Labute approximate surface area is 204 Å². The summed E-state index contributed by atoms with van der Waals surface area (Å²) in [5.74, 6) is -0.955. The van der Waals surface area contributed by atoms with Crippen molar-refractivity contribution in [3.63, 3.8) is 0 Å². The molecule has 7 nitrogen and oxygen atoms in total.